The number of hydrogen-bond acceptors (Lipinski definition) is 4. The highest BCUT2D eigenvalue weighted by Crippen LogP contribution is 2.34. The Balaban J connectivity index is 0. The Bertz CT molecular complexity index is 397. The van der Waals surface area contributed by atoms with E-state index < -0.39 is 0 Å². The molecule has 1 aromatic carbocycles. The van der Waals surface area contributed by atoms with Gasteiger partial charge in [0, 0.05) is 26.2 Å². The number of rotatable bonds is 9. The van der Waals surface area contributed by atoms with Crippen LogP contribution in [0.2, 0.25) is 10.0 Å². The molecule has 130 valence electrons. The van der Waals surface area contributed by atoms with Crippen molar-refractivity contribution in [3.63, 3.8) is 0 Å². The first-order chi connectivity index (χ1) is 9.54. The summed E-state index contributed by atoms with van der Waals surface area (Å²) in [6.45, 7) is 7.06. The molecule has 1 atom stereocenters. The minimum Gasteiger partial charge on any atom is -0.491 e. The zero-order valence-corrected chi connectivity index (χ0v) is 15.8. The van der Waals surface area contributed by atoms with Gasteiger partial charge in [-0.25, -0.2) is 0 Å². The second-order valence-corrected chi connectivity index (χ2v) is 5.37. The maximum atomic E-state index is 9.09. The lowest BCUT2D eigenvalue weighted by Gasteiger charge is -2.11. The number of nitrogens with one attached hydrogen (secondary N) is 2. The second kappa shape index (κ2) is 13.5. The molecule has 4 nitrogen and oxygen atoms in total. The van der Waals surface area contributed by atoms with Crippen molar-refractivity contribution in [3.05, 3.63) is 27.7 Å². The van der Waals surface area contributed by atoms with Gasteiger partial charge in [0.25, 0.3) is 0 Å². The van der Waals surface area contributed by atoms with Crippen LogP contribution in [0, 0.1) is 0 Å². The zero-order valence-electron chi connectivity index (χ0n) is 12.7. The summed E-state index contributed by atoms with van der Waals surface area (Å²) in [6.07, 6.45) is -0.321. The largest absolute Gasteiger partial charge is 0.491 e. The lowest BCUT2D eigenvalue weighted by atomic mass is 10.2. The maximum Gasteiger partial charge on any atom is 0.156 e. The Morgan fingerprint density at radius 1 is 1.14 bits per heavy atom. The first-order valence-corrected chi connectivity index (χ1v) is 7.50. The van der Waals surface area contributed by atoms with Gasteiger partial charge >= 0.3 is 0 Å². The average Bonchev–Trinajstić information content (AvgIpc) is 2.37. The van der Waals surface area contributed by atoms with E-state index >= 15 is 0 Å². The average molecular weight is 394 g/mol. The number of hydrogen-bond donors (Lipinski definition) is 3. The summed E-state index contributed by atoms with van der Waals surface area (Å²) < 4.78 is 5.38. The molecule has 0 aromatic heterocycles. The third-order valence-corrected chi connectivity index (χ3v) is 3.16. The van der Waals surface area contributed by atoms with Gasteiger partial charge in [-0.15, -0.1) is 24.8 Å². The highest BCUT2D eigenvalue weighted by atomic mass is 35.5. The van der Waals surface area contributed by atoms with Crippen molar-refractivity contribution in [2.24, 2.45) is 0 Å². The molecule has 0 saturated carbocycles. The van der Waals surface area contributed by atoms with Gasteiger partial charge in [-0.3, -0.25) is 0 Å². The number of aliphatic hydroxyl groups is 1. The maximum absolute atomic E-state index is 9.09. The third kappa shape index (κ3) is 9.26. The molecule has 1 unspecified atom stereocenters. The molecule has 0 spiro atoms. The number of ether oxygens (including phenoxy) is 1. The smallest absolute Gasteiger partial charge is 0.156 e. The van der Waals surface area contributed by atoms with Crippen molar-refractivity contribution in [1.29, 1.82) is 0 Å². The van der Waals surface area contributed by atoms with Gasteiger partial charge in [-0.05, 0) is 31.5 Å². The number of benzene rings is 1. The summed E-state index contributed by atoms with van der Waals surface area (Å²) in [5, 5.41) is 16.6. The van der Waals surface area contributed by atoms with Gasteiger partial charge in [0.15, 0.2) is 5.75 Å². The quantitative estimate of drug-likeness (QED) is 0.563. The van der Waals surface area contributed by atoms with E-state index in [0.717, 1.165) is 18.7 Å². The molecule has 1 rings (SSSR count). The fourth-order valence-corrected chi connectivity index (χ4v) is 2.36. The van der Waals surface area contributed by atoms with Crippen LogP contribution in [0.25, 0.3) is 0 Å². The SMILES string of the molecule is CCOc1c(Cl)cc(CNCCNCC(C)O)cc1Cl.Cl.Cl. The van der Waals surface area contributed by atoms with Crippen molar-refractivity contribution in [2.75, 3.05) is 26.2 Å². The minimum atomic E-state index is -0.321. The van der Waals surface area contributed by atoms with Crippen LogP contribution in [0.5, 0.6) is 5.75 Å². The van der Waals surface area contributed by atoms with Crippen LogP contribution < -0.4 is 15.4 Å². The van der Waals surface area contributed by atoms with Crippen molar-refractivity contribution < 1.29 is 9.84 Å². The predicted octanol–water partition coefficient (Wildman–Crippen LogP) is 3.30. The lowest BCUT2D eigenvalue weighted by Crippen LogP contribution is -2.31. The van der Waals surface area contributed by atoms with E-state index in [0.29, 0.717) is 35.5 Å². The molecule has 0 heterocycles. The molecule has 0 bridgehead atoms. The van der Waals surface area contributed by atoms with Gasteiger partial charge < -0.3 is 20.5 Å². The Kier molecular flexibility index (Phi) is 14.9. The van der Waals surface area contributed by atoms with Crippen molar-refractivity contribution in [3.8, 4) is 5.75 Å². The fraction of sp³-hybridized carbons (Fsp3) is 0.571. The first-order valence-electron chi connectivity index (χ1n) is 6.74. The Morgan fingerprint density at radius 3 is 2.18 bits per heavy atom. The Morgan fingerprint density at radius 2 is 1.68 bits per heavy atom. The van der Waals surface area contributed by atoms with E-state index in [1.54, 1.807) is 6.92 Å². The first kappa shape index (κ1) is 24.3. The van der Waals surface area contributed by atoms with Crippen LogP contribution in [0.4, 0.5) is 0 Å². The summed E-state index contributed by atoms with van der Waals surface area (Å²) in [5.74, 6) is 0.540. The van der Waals surface area contributed by atoms with Crippen molar-refractivity contribution >= 4 is 48.0 Å². The highest BCUT2D eigenvalue weighted by Gasteiger charge is 2.09. The van der Waals surface area contributed by atoms with E-state index in [9.17, 15) is 0 Å². The molecule has 0 aliphatic heterocycles. The summed E-state index contributed by atoms with van der Waals surface area (Å²) in [4.78, 5) is 0. The van der Waals surface area contributed by atoms with E-state index in [1.807, 2.05) is 19.1 Å². The molecule has 0 fully saturated rings. The van der Waals surface area contributed by atoms with Crippen LogP contribution in [0.1, 0.15) is 19.4 Å². The Hall–Kier alpha value is 0.0600. The van der Waals surface area contributed by atoms with Crippen LogP contribution in [-0.4, -0.2) is 37.5 Å². The van der Waals surface area contributed by atoms with E-state index in [1.165, 1.54) is 0 Å². The number of halogens is 4. The summed E-state index contributed by atoms with van der Waals surface area (Å²) in [5.41, 5.74) is 1.01. The molecule has 0 aliphatic rings. The normalized spacial score (nSPS) is 11.3. The minimum absolute atomic E-state index is 0. The third-order valence-electron chi connectivity index (χ3n) is 2.59. The van der Waals surface area contributed by atoms with Crippen LogP contribution in [0.15, 0.2) is 12.1 Å². The molecule has 0 saturated heterocycles. The van der Waals surface area contributed by atoms with Gasteiger partial charge in [-0.2, -0.15) is 0 Å². The number of aliphatic hydroxyl groups excluding tert-OH is 1. The fourth-order valence-electron chi connectivity index (χ4n) is 1.72. The molecule has 0 radical (unpaired) electrons. The van der Waals surface area contributed by atoms with Crippen LogP contribution >= 0.6 is 48.0 Å². The standard InChI is InChI=1S/C14H22Cl2N2O2.2ClH/c1-3-20-14-12(15)6-11(7-13(14)16)9-18-5-4-17-8-10(2)19;;/h6-7,10,17-19H,3-5,8-9H2,1-2H3;2*1H. The Labute approximate surface area is 154 Å². The van der Waals surface area contributed by atoms with Crippen LogP contribution in [0.3, 0.4) is 0 Å². The molecular formula is C14H24Cl4N2O2. The molecule has 0 aliphatic carbocycles. The predicted molar refractivity (Wildman–Crippen MR) is 98.4 cm³/mol. The lowest BCUT2D eigenvalue weighted by molar-refractivity contribution is 0.191. The summed E-state index contributed by atoms with van der Waals surface area (Å²) in [6, 6.07) is 3.71. The molecule has 1 aromatic rings. The molecule has 8 heteroatoms. The monoisotopic (exact) mass is 392 g/mol. The highest BCUT2D eigenvalue weighted by molar-refractivity contribution is 6.37. The van der Waals surface area contributed by atoms with Gasteiger partial charge in [0.05, 0.1) is 22.8 Å². The van der Waals surface area contributed by atoms with Crippen molar-refractivity contribution in [2.45, 2.75) is 26.5 Å². The molecular weight excluding hydrogens is 370 g/mol. The van der Waals surface area contributed by atoms with Gasteiger partial charge in [0.2, 0.25) is 0 Å². The van der Waals surface area contributed by atoms with E-state index in [4.69, 9.17) is 33.0 Å². The van der Waals surface area contributed by atoms with E-state index in [2.05, 4.69) is 10.6 Å². The van der Waals surface area contributed by atoms with E-state index in [-0.39, 0.29) is 30.9 Å². The molecule has 22 heavy (non-hydrogen) atoms. The summed E-state index contributed by atoms with van der Waals surface area (Å²) in [7, 11) is 0. The van der Waals surface area contributed by atoms with Crippen molar-refractivity contribution in [1.82, 2.24) is 10.6 Å². The topological polar surface area (TPSA) is 53.5 Å². The van der Waals surface area contributed by atoms with Gasteiger partial charge in [0.1, 0.15) is 0 Å². The van der Waals surface area contributed by atoms with Crippen LogP contribution in [-0.2, 0) is 6.54 Å². The second-order valence-electron chi connectivity index (χ2n) is 4.55. The summed E-state index contributed by atoms with van der Waals surface area (Å²) >= 11 is 12.3. The van der Waals surface area contributed by atoms with Gasteiger partial charge in [-0.1, -0.05) is 23.2 Å². The zero-order chi connectivity index (χ0) is 15.0. The molecule has 0 amide bonds. The molecule has 3 N–H and O–H groups in total.